The molecule has 0 heterocycles. The van der Waals surface area contributed by atoms with Gasteiger partial charge in [0.25, 0.3) is 5.91 Å². The molecule has 2 N–H and O–H groups in total. The number of carboxylic acid groups (broad SMARTS) is 1. The van der Waals surface area contributed by atoms with Crippen LogP contribution in [0, 0.1) is 0 Å². The van der Waals surface area contributed by atoms with Gasteiger partial charge >= 0.3 is 18.2 Å². The summed E-state index contributed by atoms with van der Waals surface area (Å²) in [6, 6.07) is 14.9. The number of ether oxygens (including phenoxy) is 1. The van der Waals surface area contributed by atoms with Crippen molar-refractivity contribution in [3.63, 3.8) is 0 Å². The van der Waals surface area contributed by atoms with Gasteiger partial charge in [-0.2, -0.15) is 13.2 Å². The van der Waals surface area contributed by atoms with E-state index in [0.717, 1.165) is 22.3 Å². The molecule has 33 heavy (non-hydrogen) atoms. The molecule has 1 unspecified atom stereocenters. The van der Waals surface area contributed by atoms with E-state index in [1.807, 2.05) is 48.5 Å². The van der Waals surface area contributed by atoms with Crippen LogP contribution in [0.25, 0.3) is 11.1 Å². The van der Waals surface area contributed by atoms with E-state index in [0.29, 0.717) is 11.8 Å². The number of hydrogen-bond donors (Lipinski definition) is 2. The highest BCUT2D eigenvalue weighted by Crippen LogP contribution is 2.44. The largest absolute Gasteiger partial charge is 0.480 e. The minimum absolute atomic E-state index is 0.241. The van der Waals surface area contributed by atoms with Crippen LogP contribution in [0.2, 0.25) is 0 Å². The summed E-state index contributed by atoms with van der Waals surface area (Å²) in [6.07, 6.45) is -6.63. The number of carbonyl (C=O) groups excluding carboxylic acids is 2. The van der Waals surface area contributed by atoms with Crippen molar-refractivity contribution in [2.45, 2.75) is 31.5 Å². The smallest absolute Gasteiger partial charge is 0.420 e. The van der Waals surface area contributed by atoms with Gasteiger partial charge in [-0.15, -0.1) is 0 Å². The maximum Gasteiger partial charge on any atom is 0.420 e. The van der Waals surface area contributed by atoms with Crippen molar-refractivity contribution in [1.29, 1.82) is 0 Å². The highest BCUT2D eigenvalue weighted by atomic mass is 19.4. The highest BCUT2D eigenvalue weighted by Gasteiger charge is 2.59. The highest BCUT2D eigenvalue weighted by molar-refractivity contribution is 5.92. The lowest BCUT2D eigenvalue weighted by atomic mass is 9.98. The van der Waals surface area contributed by atoms with Crippen LogP contribution in [-0.4, -0.2) is 59.4 Å². The summed E-state index contributed by atoms with van der Waals surface area (Å²) in [4.78, 5) is 36.4. The van der Waals surface area contributed by atoms with Gasteiger partial charge in [0.15, 0.2) is 0 Å². The molecule has 3 rings (SSSR count). The molecule has 0 aromatic heterocycles. The summed E-state index contributed by atoms with van der Waals surface area (Å²) in [5, 5.41) is 10.5. The number of nitrogens with one attached hydrogen (secondary N) is 1. The molecule has 2 aromatic rings. The minimum Gasteiger partial charge on any atom is -0.480 e. The first-order valence-corrected chi connectivity index (χ1v) is 10.2. The Hall–Kier alpha value is -3.56. The number of amides is 2. The van der Waals surface area contributed by atoms with E-state index in [1.165, 1.54) is 6.92 Å². The van der Waals surface area contributed by atoms with Gasteiger partial charge in [-0.1, -0.05) is 48.5 Å². The summed E-state index contributed by atoms with van der Waals surface area (Å²) >= 11 is 0. The molecule has 0 radical (unpaired) electrons. The minimum atomic E-state index is -5.19. The second kappa shape index (κ2) is 9.13. The lowest BCUT2D eigenvalue weighted by molar-refractivity contribution is -0.200. The van der Waals surface area contributed by atoms with E-state index in [-0.39, 0.29) is 19.1 Å². The number of rotatable bonds is 7. The Morgan fingerprint density at radius 1 is 1.03 bits per heavy atom. The van der Waals surface area contributed by atoms with Gasteiger partial charge in [0.1, 0.15) is 13.2 Å². The Morgan fingerprint density at radius 3 is 2.00 bits per heavy atom. The predicted molar refractivity (Wildman–Crippen MR) is 113 cm³/mol. The number of halogens is 3. The van der Waals surface area contributed by atoms with Crippen LogP contribution in [0.4, 0.5) is 18.0 Å². The van der Waals surface area contributed by atoms with Crippen LogP contribution in [0.15, 0.2) is 48.5 Å². The average Bonchev–Trinajstić information content (AvgIpc) is 3.08. The van der Waals surface area contributed by atoms with Crippen molar-refractivity contribution in [2.75, 3.05) is 19.7 Å². The van der Waals surface area contributed by atoms with Crippen molar-refractivity contribution >= 4 is 18.0 Å². The van der Waals surface area contributed by atoms with Crippen LogP contribution in [-0.2, 0) is 14.3 Å². The zero-order valence-electron chi connectivity index (χ0n) is 18.0. The lowest BCUT2D eigenvalue weighted by Crippen LogP contribution is -2.66. The first-order valence-electron chi connectivity index (χ1n) is 10.2. The first-order chi connectivity index (χ1) is 15.5. The summed E-state index contributed by atoms with van der Waals surface area (Å²) in [5.41, 5.74) is 0.287. The monoisotopic (exact) mass is 464 g/mol. The molecular formula is C23H23F3N2O5. The zero-order chi connectivity index (χ0) is 24.4. The van der Waals surface area contributed by atoms with Crippen LogP contribution in [0.5, 0.6) is 0 Å². The number of aliphatic carboxylic acids is 1. The molecule has 0 saturated carbocycles. The summed E-state index contributed by atoms with van der Waals surface area (Å²) in [6.45, 7) is 0.358. The molecule has 1 aliphatic rings. The fourth-order valence-corrected chi connectivity index (χ4v) is 3.89. The number of carboxylic acids is 1. The molecule has 0 aliphatic heterocycles. The van der Waals surface area contributed by atoms with Crippen molar-refractivity contribution in [3.05, 3.63) is 59.7 Å². The number of hydrogen-bond acceptors (Lipinski definition) is 4. The van der Waals surface area contributed by atoms with Gasteiger partial charge in [-0.25, -0.2) is 4.79 Å². The van der Waals surface area contributed by atoms with Crippen molar-refractivity contribution in [1.82, 2.24) is 10.2 Å². The Kier molecular flexibility index (Phi) is 6.66. The van der Waals surface area contributed by atoms with E-state index in [9.17, 15) is 27.6 Å². The van der Waals surface area contributed by atoms with Crippen LogP contribution in [0.3, 0.4) is 0 Å². The molecule has 7 nitrogen and oxygen atoms in total. The molecule has 1 atom stereocenters. The van der Waals surface area contributed by atoms with Gasteiger partial charge in [0.05, 0.1) is 0 Å². The van der Waals surface area contributed by atoms with Crippen LogP contribution in [0.1, 0.15) is 30.9 Å². The molecule has 2 aromatic carbocycles. The second-order valence-corrected chi connectivity index (χ2v) is 7.79. The fourth-order valence-electron chi connectivity index (χ4n) is 3.89. The topological polar surface area (TPSA) is 95.9 Å². The second-order valence-electron chi connectivity index (χ2n) is 7.79. The predicted octanol–water partition coefficient (Wildman–Crippen LogP) is 3.78. The first kappa shape index (κ1) is 24.1. The summed E-state index contributed by atoms with van der Waals surface area (Å²) in [5.74, 6) is -3.44. The number of likely N-dealkylation sites (N-methyl/N-ethyl adjacent to an activating group) is 1. The Labute approximate surface area is 188 Å². The fraction of sp³-hybridized carbons (Fsp3) is 0.348. The lowest BCUT2D eigenvalue weighted by Gasteiger charge is -2.35. The molecule has 0 bridgehead atoms. The van der Waals surface area contributed by atoms with Gasteiger partial charge in [0.2, 0.25) is 5.54 Å². The quantitative estimate of drug-likeness (QED) is 0.650. The average molecular weight is 464 g/mol. The van der Waals surface area contributed by atoms with Gasteiger partial charge in [-0.05, 0) is 36.1 Å². The number of nitrogens with zero attached hydrogens (tertiary/aromatic N) is 1. The maximum atomic E-state index is 13.8. The molecular weight excluding hydrogens is 441 g/mol. The third kappa shape index (κ3) is 4.64. The molecule has 1 aliphatic carbocycles. The van der Waals surface area contributed by atoms with Crippen molar-refractivity contribution in [3.8, 4) is 11.1 Å². The van der Waals surface area contributed by atoms with E-state index < -0.39 is 36.2 Å². The van der Waals surface area contributed by atoms with E-state index in [2.05, 4.69) is 0 Å². The summed E-state index contributed by atoms with van der Waals surface area (Å²) < 4.78 is 46.6. The summed E-state index contributed by atoms with van der Waals surface area (Å²) in [7, 11) is 0. The van der Waals surface area contributed by atoms with Gasteiger partial charge in [-0.3, -0.25) is 14.9 Å². The number of alkyl carbamates (subject to hydrolysis) is 1. The van der Waals surface area contributed by atoms with E-state index in [4.69, 9.17) is 9.84 Å². The number of fused-ring (bicyclic) bond motifs is 3. The van der Waals surface area contributed by atoms with Crippen LogP contribution < -0.4 is 5.32 Å². The molecule has 176 valence electrons. The van der Waals surface area contributed by atoms with Crippen molar-refractivity contribution in [2.24, 2.45) is 0 Å². The van der Waals surface area contributed by atoms with Gasteiger partial charge < -0.3 is 14.7 Å². The van der Waals surface area contributed by atoms with E-state index >= 15 is 0 Å². The van der Waals surface area contributed by atoms with Gasteiger partial charge in [0, 0.05) is 12.5 Å². The molecule has 0 saturated heterocycles. The Morgan fingerprint density at radius 2 is 1.55 bits per heavy atom. The number of alkyl halides is 3. The normalized spacial score (nSPS) is 14.6. The maximum absolute atomic E-state index is 13.8. The number of carbonyl (C=O) groups is 3. The third-order valence-electron chi connectivity index (χ3n) is 5.69. The van der Waals surface area contributed by atoms with Crippen LogP contribution >= 0.6 is 0 Å². The molecule has 2 amide bonds. The molecule has 0 spiro atoms. The SMILES string of the molecule is CCN(CC(=O)O)C(=O)C(C)(NC(=O)OCC1c2ccccc2-c2ccccc21)C(F)(F)F. The Balaban J connectivity index is 1.78. The van der Waals surface area contributed by atoms with E-state index in [1.54, 1.807) is 5.32 Å². The third-order valence-corrected chi connectivity index (χ3v) is 5.69. The zero-order valence-corrected chi connectivity index (χ0v) is 18.0. The Bertz CT molecular complexity index is 1030. The number of benzene rings is 2. The standard InChI is InChI=1S/C23H23F3N2O5/c1-3-28(12-19(29)30)20(31)22(2,23(24,25)26)27-21(32)33-13-18-16-10-6-4-8-14(16)15-9-5-7-11-17(15)18/h4-11,18H,3,12-13H2,1-2H3,(H,27,32)(H,29,30). The molecule has 10 heteroatoms. The van der Waals surface area contributed by atoms with Crippen molar-refractivity contribution < 1.29 is 37.4 Å². The molecule has 0 fully saturated rings.